The first-order valence-electron chi connectivity index (χ1n) is 10.4. The Morgan fingerprint density at radius 3 is 1.90 bits per heavy atom. The second kappa shape index (κ2) is 8.19. The standard InChI is InChI=1S/C26H25N3O2/c1-18(2)26(3)25(31)27-23(28-26)21-16-10-11-17-22(21)24(30)29(19-12-6-4-7-13-19)20-14-8-5-9-15-20/h4-18H,1-3H3,(H,27,28,31). The van der Waals surface area contributed by atoms with Gasteiger partial charge >= 0.3 is 0 Å². The number of amides is 2. The highest BCUT2D eigenvalue weighted by Crippen LogP contribution is 2.30. The number of anilines is 2. The Kier molecular flexibility index (Phi) is 5.42. The Bertz CT molecular complexity index is 1100. The molecule has 4 rings (SSSR count). The maximum absolute atomic E-state index is 13.9. The molecule has 0 fully saturated rings. The monoisotopic (exact) mass is 411 g/mol. The van der Waals surface area contributed by atoms with Crippen LogP contribution in [0.3, 0.4) is 0 Å². The lowest BCUT2D eigenvalue weighted by atomic mass is 9.88. The molecule has 1 aliphatic rings. The van der Waals surface area contributed by atoms with Gasteiger partial charge in [-0.2, -0.15) is 4.99 Å². The summed E-state index contributed by atoms with van der Waals surface area (Å²) in [6.45, 7) is 5.81. The largest absolute Gasteiger partial charge is 0.355 e. The van der Waals surface area contributed by atoms with E-state index >= 15 is 0 Å². The van der Waals surface area contributed by atoms with Gasteiger partial charge in [-0.3, -0.25) is 14.5 Å². The Hall–Kier alpha value is -3.73. The molecule has 0 aromatic heterocycles. The molecule has 1 heterocycles. The molecular formula is C26H25N3O2. The summed E-state index contributed by atoms with van der Waals surface area (Å²) in [4.78, 5) is 32.4. The molecule has 1 unspecified atom stereocenters. The van der Waals surface area contributed by atoms with E-state index in [0.29, 0.717) is 17.0 Å². The van der Waals surface area contributed by atoms with Crippen molar-refractivity contribution in [2.45, 2.75) is 26.3 Å². The van der Waals surface area contributed by atoms with Crippen LogP contribution in [0.1, 0.15) is 36.7 Å². The zero-order valence-electron chi connectivity index (χ0n) is 17.9. The van der Waals surface area contributed by atoms with E-state index in [9.17, 15) is 9.59 Å². The van der Waals surface area contributed by atoms with Gasteiger partial charge in [0.1, 0.15) is 11.4 Å². The Labute approximate surface area is 182 Å². The van der Waals surface area contributed by atoms with Crippen molar-refractivity contribution in [3.05, 3.63) is 96.1 Å². The molecule has 0 radical (unpaired) electrons. The average Bonchev–Trinajstić information content (AvgIpc) is 3.11. The molecule has 0 spiro atoms. The molecule has 156 valence electrons. The van der Waals surface area contributed by atoms with E-state index in [-0.39, 0.29) is 17.7 Å². The number of benzene rings is 3. The Morgan fingerprint density at radius 1 is 0.871 bits per heavy atom. The van der Waals surface area contributed by atoms with Crippen LogP contribution in [0.15, 0.2) is 89.9 Å². The number of nitrogens with one attached hydrogen (secondary N) is 1. The fraction of sp³-hybridized carbons (Fsp3) is 0.192. The first kappa shape index (κ1) is 20.5. The lowest BCUT2D eigenvalue weighted by Gasteiger charge is -2.28. The molecule has 5 nitrogen and oxygen atoms in total. The van der Waals surface area contributed by atoms with Gasteiger partial charge < -0.3 is 5.32 Å². The number of carbonyl (C=O) groups is 2. The van der Waals surface area contributed by atoms with E-state index in [1.807, 2.05) is 99.6 Å². The molecule has 3 aromatic carbocycles. The van der Waals surface area contributed by atoms with Gasteiger partial charge in [-0.05, 0) is 43.2 Å². The number of amidine groups is 1. The van der Waals surface area contributed by atoms with Crippen molar-refractivity contribution in [3.63, 3.8) is 0 Å². The molecule has 0 bridgehead atoms. The van der Waals surface area contributed by atoms with Crippen LogP contribution in [0.25, 0.3) is 0 Å². The molecule has 5 heteroatoms. The quantitative estimate of drug-likeness (QED) is 0.646. The van der Waals surface area contributed by atoms with Gasteiger partial charge in [-0.15, -0.1) is 0 Å². The van der Waals surface area contributed by atoms with Crippen LogP contribution in [0.5, 0.6) is 0 Å². The maximum Gasteiger partial charge on any atom is 0.273 e. The Balaban J connectivity index is 1.79. The number of para-hydroxylation sites is 2. The molecule has 1 N–H and O–H groups in total. The van der Waals surface area contributed by atoms with Crippen LogP contribution in [0, 0.1) is 5.92 Å². The first-order valence-corrected chi connectivity index (χ1v) is 10.4. The van der Waals surface area contributed by atoms with E-state index in [0.717, 1.165) is 11.4 Å². The minimum absolute atomic E-state index is 0.0502. The van der Waals surface area contributed by atoms with Gasteiger partial charge in [0.25, 0.3) is 11.8 Å². The normalized spacial score (nSPS) is 17.9. The summed E-state index contributed by atoms with van der Waals surface area (Å²) in [5.41, 5.74) is 1.82. The van der Waals surface area contributed by atoms with Crippen LogP contribution in [0.2, 0.25) is 0 Å². The van der Waals surface area contributed by atoms with E-state index in [4.69, 9.17) is 0 Å². The lowest BCUT2D eigenvalue weighted by Crippen LogP contribution is -2.50. The number of nitrogens with zero attached hydrogens (tertiary/aromatic N) is 2. The van der Waals surface area contributed by atoms with Crippen molar-refractivity contribution >= 4 is 29.0 Å². The lowest BCUT2D eigenvalue weighted by molar-refractivity contribution is -0.123. The summed E-state index contributed by atoms with van der Waals surface area (Å²) in [6.07, 6.45) is 0. The summed E-state index contributed by atoms with van der Waals surface area (Å²) >= 11 is 0. The average molecular weight is 412 g/mol. The molecule has 0 saturated carbocycles. The predicted octanol–water partition coefficient (Wildman–Crippen LogP) is 4.96. The highest BCUT2D eigenvalue weighted by Gasteiger charge is 2.43. The molecule has 1 atom stereocenters. The van der Waals surface area contributed by atoms with Crippen molar-refractivity contribution in [1.29, 1.82) is 0 Å². The van der Waals surface area contributed by atoms with Crippen molar-refractivity contribution in [3.8, 4) is 0 Å². The maximum atomic E-state index is 13.9. The zero-order valence-corrected chi connectivity index (χ0v) is 17.9. The van der Waals surface area contributed by atoms with E-state index in [2.05, 4.69) is 10.3 Å². The number of hydrogen-bond donors (Lipinski definition) is 1. The summed E-state index contributed by atoms with van der Waals surface area (Å²) in [7, 11) is 0. The van der Waals surface area contributed by atoms with Crippen LogP contribution in [-0.4, -0.2) is 23.2 Å². The van der Waals surface area contributed by atoms with Gasteiger partial charge in [0.15, 0.2) is 0 Å². The first-order chi connectivity index (χ1) is 14.9. The summed E-state index contributed by atoms with van der Waals surface area (Å²) in [5, 5.41) is 3.28. The van der Waals surface area contributed by atoms with E-state index in [1.54, 1.807) is 11.0 Å². The highest BCUT2D eigenvalue weighted by atomic mass is 16.2. The predicted molar refractivity (Wildman–Crippen MR) is 124 cm³/mol. The van der Waals surface area contributed by atoms with Crippen LogP contribution >= 0.6 is 0 Å². The zero-order chi connectivity index (χ0) is 22.0. The fourth-order valence-corrected chi connectivity index (χ4v) is 3.60. The van der Waals surface area contributed by atoms with Crippen molar-refractivity contribution in [1.82, 2.24) is 5.32 Å². The van der Waals surface area contributed by atoms with E-state index < -0.39 is 5.54 Å². The second-order valence-corrected chi connectivity index (χ2v) is 8.10. The third kappa shape index (κ3) is 3.75. The third-order valence-corrected chi connectivity index (χ3v) is 5.83. The van der Waals surface area contributed by atoms with Crippen molar-refractivity contribution < 1.29 is 9.59 Å². The van der Waals surface area contributed by atoms with E-state index in [1.165, 1.54) is 0 Å². The third-order valence-electron chi connectivity index (χ3n) is 5.83. The summed E-state index contributed by atoms with van der Waals surface area (Å²) in [6, 6.07) is 26.3. The van der Waals surface area contributed by atoms with Gasteiger partial charge in [-0.1, -0.05) is 68.4 Å². The number of rotatable bonds is 5. The van der Waals surface area contributed by atoms with Crippen molar-refractivity contribution in [2.24, 2.45) is 10.9 Å². The van der Waals surface area contributed by atoms with Gasteiger partial charge in [0.05, 0.1) is 5.56 Å². The number of hydrogen-bond acceptors (Lipinski definition) is 3. The topological polar surface area (TPSA) is 61.8 Å². The van der Waals surface area contributed by atoms with Crippen molar-refractivity contribution in [2.75, 3.05) is 4.90 Å². The minimum Gasteiger partial charge on any atom is -0.355 e. The second-order valence-electron chi connectivity index (χ2n) is 8.10. The number of aliphatic imine (C=N–C) groups is 1. The van der Waals surface area contributed by atoms with Gasteiger partial charge in [-0.25, -0.2) is 0 Å². The molecule has 0 saturated heterocycles. The van der Waals surface area contributed by atoms with Crippen LogP contribution < -0.4 is 10.2 Å². The molecular weight excluding hydrogens is 386 g/mol. The molecule has 31 heavy (non-hydrogen) atoms. The summed E-state index contributed by atoms with van der Waals surface area (Å²) in [5.74, 6) is 0.0753. The smallest absolute Gasteiger partial charge is 0.273 e. The number of carbonyl (C=O) groups excluding carboxylic acids is 2. The van der Waals surface area contributed by atoms with Crippen LogP contribution in [0.4, 0.5) is 11.4 Å². The minimum atomic E-state index is -0.788. The molecule has 2 amide bonds. The SMILES string of the molecule is CC(C)C1(C)NC(c2ccccc2C(=O)N(c2ccccc2)c2ccccc2)=NC1=O. The summed E-state index contributed by atoms with van der Waals surface area (Å²) < 4.78 is 0. The molecule has 0 aliphatic carbocycles. The molecule has 1 aliphatic heterocycles. The Morgan fingerprint density at radius 2 is 1.39 bits per heavy atom. The molecule has 3 aromatic rings. The van der Waals surface area contributed by atoms with Gasteiger partial charge in [0.2, 0.25) is 0 Å². The van der Waals surface area contributed by atoms with Gasteiger partial charge in [0, 0.05) is 16.9 Å². The highest BCUT2D eigenvalue weighted by molar-refractivity contribution is 6.21. The van der Waals surface area contributed by atoms with Crippen LogP contribution in [-0.2, 0) is 4.79 Å². The fourth-order valence-electron chi connectivity index (χ4n) is 3.60.